The first-order chi connectivity index (χ1) is 12.1. The first kappa shape index (κ1) is 23.6. The molecule has 3 N–H and O–H groups in total. The Balaban J connectivity index is 0.000000368. The van der Waals surface area contributed by atoms with Crippen LogP contribution in [0.4, 0.5) is 17.1 Å². The summed E-state index contributed by atoms with van der Waals surface area (Å²) in [5, 5.41) is 9.27. The SMILES string of the molecule is CNc1cc(NC)[c-](NC)c1.[CH2-]c1ccccc1.[CH2-]c1ccccc1.[Zn]. The molecular formula is C22H28N3Zn-3. The molecule has 0 aliphatic heterocycles. The van der Waals surface area contributed by atoms with Crippen molar-refractivity contribution < 1.29 is 19.5 Å². The smallest absolute Gasteiger partial charge is 0.00127 e. The van der Waals surface area contributed by atoms with Gasteiger partial charge in [0, 0.05) is 26.5 Å². The van der Waals surface area contributed by atoms with Crippen LogP contribution in [0.2, 0.25) is 0 Å². The van der Waals surface area contributed by atoms with Crippen LogP contribution in [0.15, 0.2) is 72.8 Å². The predicted molar refractivity (Wildman–Crippen MR) is 112 cm³/mol. The normalized spacial score (nSPS) is 8.58. The maximum atomic E-state index is 3.72. The van der Waals surface area contributed by atoms with E-state index in [0.717, 1.165) is 28.2 Å². The molecule has 0 heterocycles. The van der Waals surface area contributed by atoms with E-state index in [1.54, 1.807) is 0 Å². The maximum absolute atomic E-state index is 3.72. The number of benzene rings is 2. The van der Waals surface area contributed by atoms with E-state index in [2.05, 4.69) is 41.9 Å². The van der Waals surface area contributed by atoms with E-state index in [1.165, 1.54) is 0 Å². The summed E-state index contributed by atoms with van der Waals surface area (Å²) in [4.78, 5) is 0. The standard InChI is InChI=1S/C8H14N3.2C7H7.Zn/c1-9-6-4-7(10-2)8(5-6)11-3;2*1-7-5-3-2-4-6-7;/h4-5,9-11H,1-3H3;2*2-6H,1H2;/q3*-1;. The van der Waals surface area contributed by atoms with E-state index in [-0.39, 0.29) is 19.5 Å². The summed E-state index contributed by atoms with van der Waals surface area (Å²) in [6.45, 7) is 7.44. The molecule has 0 aliphatic rings. The van der Waals surface area contributed by atoms with Crippen LogP contribution in [0.3, 0.4) is 0 Å². The van der Waals surface area contributed by atoms with Gasteiger partial charge in [-0.15, -0.1) is 36.0 Å². The number of anilines is 3. The van der Waals surface area contributed by atoms with Crippen molar-refractivity contribution in [1.82, 2.24) is 0 Å². The summed E-state index contributed by atoms with van der Waals surface area (Å²) in [5.41, 5.74) is 5.51. The molecule has 0 saturated carbocycles. The molecule has 0 unspecified atom stereocenters. The Morgan fingerprint density at radius 1 is 0.731 bits per heavy atom. The van der Waals surface area contributed by atoms with Gasteiger partial charge in [-0.05, 0) is 14.1 Å². The Bertz CT molecular complexity index is 635. The Kier molecular flexibility index (Phi) is 12.5. The second-order valence-electron chi connectivity index (χ2n) is 5.29. The Hall–Kier alpha value is -2.45. The zero-order valence-corrected chi connectivity index (χ0v) is 19.0. The Morgan fingerprint density at radius 3 is 1.42 bits per heavy atom. The molecule has 0 aromatic heterocycles. The minimum absolute atomic E-state index is 0. The largest absolute Gasteiger partial charge is 0.448 e. The van der Waals surface area contributed by atoms with Gasteiger partial charge < -0.3 is 16.0 Å². The monoisotopic (exact) mass is 398 g/mol. The molecule has 0 radical (unpaired) electrons. The third-order valence-electron chi connectivity index (χ3n) is 3.40. The Labute approximate surface area is 171 Å². The van der Waals surface area contributed by atoms with Crippen molar-refractivity contribution in [2.75, 3.05) is 37.1 Å². The van der Waals surface area contributed by atoms with Gasteiger partial charge in [-0.3, -0.25) is 0 Å². The van der Waals surface area contributed by atoms with Crippen molar-refractivity contribution in [3.8, 4) is 0 Å². The van der Waals surface area contributed by atoms with Gasteiger partial charge in [0.05, 0.1) is 0 Å². The zero-order chi connectivity index (χ0) is 18.5. The van der Waals surface area contributed by atoms with Gasteiger partial charge in [0.2, 0.25) is 0 Å². The third kappa shape index (κ3) is 9.15. The van der Waals surface area contributed by atoms with Crippen molar-refractivity contribution >= 4 is 17.1 Å². The summed E-state index contributed by atoms with van der Waals surface area (Å²) in [5.74, 6) is 0. The molecule has 0 aliphatic carbocycles. The molecule has 3 aromatic rings. The fourth-order valence-corrected chi connectivity index (χ4v) is 2.02. The van der Waals surface area contributed by atoms with Gasteiger partial charge in [-0.25, -0.2) is 0 Å². The molecule has 3 rings (SSSR count). The number of hydrogen-bond donors (Lipinski definition) is 3. The molecule has 26 heavy (non-hydrogen) atoms. The summed E-state index contributed by atoms with van der Waals surface area (Å²) < 4.78 is 0. The molecule has 0 bridgehead atoms. The molecule has 0 amide bonds. The molecule has 0 fully saturated rings. The molecule has 3 aromatic carbocycles. The van der Waals surface area contributed by atoms with Crippen LogP contribution in [0, 0.1) is 13.8 Å². The average molecular weight is 400 g/mol. The maximum Gasteiger partial charge on any atom is 0.00127 e. The quantitative estimate of drug-likeness (QED) is 0.415. The van der Waals surface area contributed by atoms with Crippen LogP contribution >= 0.6 is 0 Å². The molecule has 136 valence electrons. The second kappa shape index (κ2) is 13.8. The molecular weight excluding hydrogens is 372 g/mol. The number of nitrogens with one attached hydrogen (secondary N) is 3. The van der Waals surface area contributed by atoms with Gasteiger partial charge in [-0.2, -0.15) is 55.3 Å². The van der Waals surface area contributed by atoms with Crippen LogP contribution in [-0.4, -0.2) is 21.1 Å². The third-order valence-corrected chi connectivity index (χ3v) is 3.40. The van der Waals surface area contributed by atoms with Gasteiger partial charge in [0.1, 0.15) is 0 Å². The summed E-state index contributed by atoms with van der Waals surface area (Å²) >= 11 is 0. The van der Waals surface area contributed by atoms with E-state index in [0.29, 0.717) is 0 Å². The van der Waals surface area contributed by atoms with E-state index in [1.807, 2.05) is 81.8 Å². The van der Waals surface area contributed by atoms with E-state index in [9.17, 15) is 0 Å². The van der Waals surface area contributed by atoms with Crippen molar-refractivity contribution in [1.29, 1.82) is 0 Å². The summed E-state index contributed by atoms with van der Waals surface area (Å²) in [7, 11) is 5.74. The molecule has 3 nitrogen and oxygen atoms in total. The van der Waals surface area contributed by atoms with E-state index < -0.39 is 0 Å². The van der Waals surface area contributed by atoms with Crippen LogP contribution < -0.4 is 16.0 Å². The van der Waals surface area contributed by atoms with Crippen molar-refractivity contribution in [2.24, 2.45) is 0 Å². The first-order valence-electron chi connectivity index (χ1n) is 8.18. The van der Waals surface area contributed by atoms with Gasteiger partial charge >= 0.3 is 0 Å². The van der Waals surface area contributed by atoms with Crippen LogP contribution in [0.25, 0.3) is 0 Å². The predicted octanol–water partition coefficient (Wildman–Crippen LogP) is 5.27. The van der Waals surface area contributed by atoms with Gasteiger partial charge in [-0.1, -0.05) is 23.5 Å². The summed E-state index contributed by atoms with van der Waals surface area (Å²) in [6.07, 6.45) is 0. The number of rotatable bonds is 3. The second-order valence-corrected chi connectivity index (χ2v) is 5.29. The van der Waals surface area contributed by atoms with Crippen molar-refractivity contribution in [2.45, 2.75) is 0 Å². The van der Waals surface area contributed by atoms with E-state index >= 15 is 0 Å². The number of hydrogen-bond acceptors (Lipinski definition) is 3. The van der Waals surface area contributed by atoms with Crippen molar-refractivity contribution in [3.63, 3.8) is 0 Å². The van der Waals surface area contributed by atoms with Crippen LogP contribution in [0.5, 0.6) is 0 Å². The molecule has 0 saturated heterocycles. The topological polar surface area (TPSA) is 36.1 Å². The molecule has 0 spiro atoms. The Morgan fingerprint density at radius 2 is 1.19 bits per heavy atom. The van der Waals surface area contributed by atoms with Gasteiger partial charge in [0.25, 0.3) is 0 Å². The van der Waals surface area contributed by atoms with Crippen molar-refractivity contribution in [3.05, 3.63) is 97.8 Å². The fourth-order valence-electron chi connectivity index (χ4n) is 2.02. The van der Waals surface area contributed by atoms with Crippen LogP contribution in [-0.2, 0) is 19.5 Å². The average Bonchev–Trinajstić information content (AvgIpc) is 3.07. The fraction of sp³-hybridized carbons (Fsp3) is 0.136. The minimum Gasteiger partial charge on any atom is -0.448 e. The van der Waals surface area contributed by atoms with Crippen LogP contribution in [0.1, 0.15) is 11.1 Å². The minimum atomic E-state index is 0. The molecule has 0 atom stereocenters. The first-order valence-corrected chi connectivity index (χ1v) is 8.18. The molecule has 4 heteroatoms. The summed E-state index contributed by atoms with van der Waals surface area (Å²) in [6, 6.07) is 23.9. The zero-order valence-electron chi connectivity index (χ0n) is 16.0. The van der Waals surface area contributed by atoms with E-state index in [4.69, 9.17) is 0 Å². The van der Waals surface area contributed by atoms with Gasteiger partial charge in [0.15, 0.2) is 0 Å².